The lowest BCUT2D eigenvalue weighted by Crippen LogP contribution is -2.53. The van der Waals surface area contributed by atoms with Crippen LogP contribution in [0.5, 0.6) is 0 Å². The van der Waals surface area contributed by atoms with Crippen LogP contribution in [0.2, 0.25) is 0 Å². The highest BCUT2D eigenvalue weighted by Crippen LogP contribution is 2.43. The average Bonchev–Trinajstić information content (AvgIpc) is 3.63. The number of amides is 2. The van der Waals surface area contributed by atoms with Gasteiger partial charge in [0.25, 0.3) is 0 Å². The molecule has 16 heteroatoms. The van der Waals surface area contributed by atoms with E-state index in [9.17, 15) is 42.3 Å². The van der Waals surface area contributed by atoms with Crippen LogP contribution in [0.4, 0.5) is 13.2 Å². The Morgan fingerprint density at radius 3 is 2.25 bits per heavy atom. The Morgan fingerprint density at radius 1 is 0.954 bits per heavy atom. The number of hydrogen-bond donors (Lipinski definition) is 2. The van der Waals surface area contributed by atoms with Gasteiger partial charge in [-0.25, -0.2) is 9.59 Å². The molecule has 0 saturated carbocycles. The van der Waals surface area contributed by atoms with E-state index < -0.39 is 90.9 Å². The molecule has 2 aromatic carbocycles. The summed E-state index contributed by atoms with van der Waals surface area (Å²) in [7, 11) is 1.50. The highest BCUT2D eigenvalue weighted by Gasteiger charge is 2.53. The van der Waals surface area contributed by atoms with E-state index in [0.717, 1.165) is 50.2 Å². The number of hydrogen-bond acceptors (Lipinski definition) is 11. The van der Waals surface area contributed by atoms with Crippen molar-refractivity contribution in [2.45, 2.75) is 160 Å². The van der Waals surface area contributed by atoms with E-state index >= 15 is 0 Å². The number of aliphatic hydroxyl groups is 1. The van der Waals surface area contributed by atoms with Crippen molar-refractivity contribution in [3.63, 3.8) is 0 Å². The van der Waals surface area contributed by atoms with Gasteiger partial charge in [-0.05, 0) is 75.4 Å². The first-order valence-electron chi connectivity index (χ1n) is 22.5. The van der Waals surface area contributed by atoms with Gasteiger partial charge in [0, 0.05) is 50.8 Å². The number of halogens is 3. The number of benzene rings is 2. The fourth-order valence-electron chi connectivity index (χ4n) is 7.73. The molecule has 2 aromatic rings. The number of likely N-dealkylation sites (N-methyl/N-ethyl adjacent to an activating group) is 1. The van der Waals surface area contributed by atoms with E-state index in [1.807, 2.05) is 30.3 Å². The van der Waals surface area contributed by atoms with E-state index in [2.05, 4.69) is 23.9 Å². The van der Waals surface area contributed by atoms with E-state index in [4.69, 9.17) is 18.9 Å². The average molecular weight is 915 g/mol. The predicted molar refractivity (Wildman–Crippen MR) is 236 cm³/mol. The summed E-state index contributed by atoms with van der Waals surface area (Å²) in [6, 6.07) is 13.2. The second kappa shape index (κ2) is 24.5. The van der Waals surface area contributed by atoms with Gasteiger partial charge in [-0.1, -0.05) is 82.0 Å². The zero-order chi connectivity index (χ0) is 47.8. The topological polar surface area (TPSA) is 167 Å². The fraction of sp³-hybridized carbons (Fsp3) is 0.571. The normalized spacial score (nSPS) is 19.1. The zero-order valence-electron chi connectivity index (χ0n) is 38.3. The molecule has 4 rings (SSSR count). The fourth-order valence-corrected chi connectivity index (χ4v) is 7.73. The third-order valence-corrected chi connectivity index (χ3v) is 11.0. The highest BCUT2D eigenvalue weighted by atomic mass is 19.4. The van der Waals surface area contributed by atoms with Crippen LogP contribution >= 0.6 is 0 Å². The summed E-state index contributed by atoms with van der Waals surface area (Å²) in [6.45, 7) is 7.21. The Morgan fingerprint density at radius 2 is 1.63 bits per heavy atom. The number of esters is 3. The smallest absolute Gasteiger partial charge is 0.422 e. The van der Waals surface area contributed by atoms with Gasteiger partial charge >= 0.3 is 24.1 Å². The molecule has 5 unspecified atom stereocenters. The van der Waals surface area contributed by atoms with Gasteiger partial charge in [0.05, 0.1) is 18.2 Å². The molecule has 1 saturated heterocycles. The number of aliphatic hydroxyl groups excluding tert-OH is 1. The van der Waals surface area contributed by atoms with Crippen LogP contribution in [0, 0.1) is 0 Å². The number of carbonyl (C=O) groups excluding carboxylic acids is 5. The van der Waals surface area contributed by atoms with E-state index in [0.29, 0.717) is 18.4 Å². The van der Waals surface area contributed by atoms with E-state index in [-0.39, 0.29) is 36.8 Å². The van der Waals surface area contributed by atoms with Gasteiger partial charge < -0.3 is 39.0 Å². The van der Waals surface area contributed by atoms with Crippen LogP contribution in [0.25, 0.3) is 6.08 Å². The van der Waals surface area contributed by atoms with Crippen molar-refractivity contribution in [1.29, 1.82) is 0 Å². The molecule has 0 spiro atoms. The molecule has 13 nitrogen and oxygen atoms in total. The largest absolute Gasteiger partial charge is 0.460 e. The van der Waals surface area contributed by atoms with Crippen LogP contribution < -0.4 is 5.32 Å². The second-order valence-corrected chi connectivity index (χ2v) is 17.6. The van der Waals surface area contributed by atoms with Gasteiger partial charge in [0.2, 0.25) is 11.8 Å². The summed E-state index contributed by atoms with van der Waals surface area (Å²) in [4.78, 5) is 68.5. The maximum Gasteiger partial charge on any atom is 0.422 e. The predicted octanol–water partition coefficient (Wildman–Crippen LogP) is 7.97. The van der Waals surface area contributed by atoms with Crippen molar-refractivity contribution >= 4 is 35.8 Å². The highest BCUT2D eigenvalue weighted by molar-refractivity contribution is 5.97. The Balaban J connectivity index is 1.64. The van der Waals surface area contributed by atoms with Crippen LogP contribution in [-0.4, -0.2) is 108 Å². The quantitative estimate of drug-likeness (QED) is 0.0481. The Kier molecular flexibility index (Phi) is 19.8. The molecule has 1 aliphatic carbocycles. The number of nitrogens with zero attached hydrogens (tertiary/aromatic N) is 1. The van der Waals surface area contributed by atoms with Crippen molar-refractivity contribution < 1.29 is 65.9 Å². The molecule has 5 atom stereocenters. The number of carbonyl (C=O) groups is 5. The summed E-state index contributed by atoms with van der Waals surface area (Å²) in [5.74, 6) is -4.58. The van der Waals surface area contributed by atoms with E-state index in [1.165, 1.54) is 42.3 Å². The summed E-state index contributed by atoms with van der Waals surface area (Å²) >= 11 is 0. The molecule has 2 aliphatic rings. The van der Waals surface area contributed by atoms with Crippen LogP contribution in [0.15, 0.2) is 72.3 Å². The lowest BCUT2D eigenvalue weighted by atomic mass is 9.90. The van der Waals surface area contributed by atoms with Crippen LogP contribution in [0.3, 0.4) is 0 Å². The first kappa shape index (κ1) is 52.6. The lowest BCUT2D eigenvalue weighted by Gasteiger charge is -2.34. The number of unbranched alkanes of at least 4 members (excludes halogenated alkanes) is 4. The SMILES string of the molecule is CCCCCC1(CCCCC)OC2C=C(C(=O)N(C)C(Cc3ccccc3)C(=O)NC(CO)CCC(=O)OC(C)(C)C)CC(OC(=O)c3cccc(C=CC(=O)OCC(F)(F)F)c3)C2O1. The molecule has 65 heavy (non-hydrogen) atoms. The monoisotopic (exact) mass is 914 g/mol. The van der Waals surface area contributed by atoms with Gasteiger partial charge in [-0.15, -0.1) is 0 Å². The molecule has 1 aliphatic heterocycles. The van der Waals surface area contributed by atoms with Gasteiger partial charge in [-0.3, -0.25) is 14.4 Å². The number of alkyl halides is 3. The first-order chi connectivity index (χ1) is 30.7. The summed E-state index contributed by atoms with van der Waals surface area (Å²) in [5, 5.41) is 13.0. The minimum atomic E-state index is -4.69. The summed E-state index contributed by atoms with van der Waals surface area (Å²) in [5.41, 5.74) is 0.645. The summed E-state index contributed by atoms with van der Waals surface area (Å²) in [6.07, 6.45) is 3.04. The third kappa shape index (κ3) is 17.0. The Bertz CT molecular complexity index is 1950. The Hall–Kier alpha value is -5.06. The second-order valence-electron chi connectivity index (χ2n) is 17.6. The van der Waals surface area contributed by atoms with Crippen molar-refractivity contribution in [2.75, 3.05) is 20.3 Å². The molecule has 0 aromatic heterocycles. The zero-order valence-corrected chi connectivity index (χ0v) is 38.3. The lowest BCUT2D eigenvalue weighted by molar-refractivity contribution is -0.190. The molecule has 1 fully saturated rings. The van der Waals surface area contributed by atoms with Crippen molar-refractivity contribution in [3.05, 3.63) is 89.0 Å². The Labute approximate surface area is 380 Å². The van der Waals surface area contributed by atoms with Gasteiger partial charge in [0.15, 0.2) is 12.4 Å². The molecule has 358 valence electrons. The summed E-state index contributed by atoms with van der Waals surface area (Å²) < 4.78 is 66.9. The molecule has 0 bridgehead atoms. The number of ether oxygens (including phenoxy) is 5. The number of nitrogens with one attached hydrogen (secondary N) is 1. The molecule has 0 radical (unpaired) electrons. The molecular formula is C49H65F3N2O11. The van der Waals surface area contributed by atoms with Crippen LogP contribution in [-0.2, 0) is 49.3 Å². The first-order valence-corrected chi connectivity index (χ1v) is 22.5. The minimum Gasteiger partial charge on any atom is -0.460 e. The van der Waals surface area contributed by atoms with Crippen molar-refractivity contribution in [3.8, 4) is 0 Å². The molecule has 1 heterocycles. The minimum absolute atomic E-state index is 0.0576. The third-order valence-electron chi connectivity index (χ3n) is 11.0. The molecule has 2 N–H and O–H groups in total. The van der Waals surface area contributed by atoms with Crippen molar-refractivity contribution in [2.24, 2.45) is 0 Å². The molecular weight excluding hydrogens is 850 g/mol. The number of rotatable bonds is 23. The standard InChI is InChI=1S/C49H65F3N2O11/c1-7-9-14-25-48(26-15-10-8-2)63-40-30-36(29-39(43(40)65-48)62-46(60)35-20-16-19-34(27-35)21-23-41(56)61-32-49(50,51)52)45(59)54(6)38(28-33-17-12-11-13-18-33)44(58)53-37(31-55)22-24-42(57)64-47(3,4)5/h11-13,16-21,23,27,30,37-40,43,55H,7-10,14-15,22,24-26,28-29,31-32H2,1-6H3,(H,53,58). The number of fused-ring (bicyclic) bond motifs is 1. The maximum atomic E-state index is 14.7. The maximum absolute atomic E-state index is 14.7. The van der Waals surface area contributed by atoms with Gasteiger partial charge in [-0.2, -0.15) is 13.2 Å². The van der Waals surface area contributed by atoms with Crippen molar-refractivity contribution in [1.82, 2.24) is 10.2 Å². The molecule has 2 amide bonds. The van der Waals surface area contributed by atoms with E-state index in [1.54, 1.807) is 26.8 Å². The van der Waals surface area contributed by atoms with Gasteiger partial charge in [0.1, 0.15) is 30.0 Å². The van der Waals surface area contributed by atoms with Crippen LogP contribution in [0.1, 0.15) is 127 Å².